The van der Waals surface area contributed by atoms with E-state index in [2.05, 4.69) is 28.7 Å². The summed E-state index contributed by atoms with van der Waals surface area (Å²) < 4.78 is 0. The molecule has 0 saturated heterocycles. The van der Waals surface area contributed by atoms with Gasteiger partial charge in [0.05, 0.1) is 12.3 Å². The van der Waals surface area contributed by atoms with E-state index in [1.165, 1.54) is 0 Å². The average molecular weight is 223 g/mol. The van der Waals surface area contributed by atoms with Gasteiger partial charge in [-0.05, 0) is 26.1 Å². The van der Waals surface area contributed by atoms with E-state index in [9.17, 15) is 0 Å². The lowest BCUT2D eigenvalue weighted by molar-refractivity contribution is 0.275. The van der Waals surface area contributed by atoms with Gasteiger partial charge in [0.15, 0.2) is 0 Å². The number of aryl methyl sites for hydroxylation is 1. The highest BCUT2D eigenvalue weighted by Gasteiger charge is 2.04. The predicted octanol–water partition coefficient (Wildman–Crippen LogP) is 1.16. The van der Waals surface area contributed by atoms with Gasteiger partial charge in [-0.25, -0.2) is 9.97 Å². The molecule has 0 aliphatic carbocycles. The standard InChI is InChI=1S/C12H21N3O/c1-4-15(5-2)7-6-12-13-10(3)8-11(9-16)14-12/h8,16H,4-7,9H2,1-3H3. The minimum Gasteiger partial charge on any atom is -0.390 e. The molecule has 4 nitrogen and oxygen atoms in total. The molecule has 16 heavy (non-hydrogen) atoms. The Morgan fingerprint density at radius 3 is 2.50 bits per heavy atom. The molecule has 0 aliphatic heterocycles. The first-order valence-electron chi connectivity index (χ1n) is 5.86. The fourth-order valence-corrected chi connectivity index (χ4v) is 1.69. The van der Waals surface area contributed by atoms with E-state index in [1.807, 2.05) is 13.0 Å². The van der Waals surface area contributed by atoms with Crippen molar-refractivity contribution in [2.24, 2.45) is 0 Å². The molecule has 0 amide bonds. The van der Waals surface area contributed by atoms with Crippen molar-refractivity contribution in [1.29, 1.82) is 0 Å². The van der Waals surface area contributed by atoms with Gasteiger partial charge < -0.3 is 10.0 Å². The van der Waals surface area contributed by atoms with Crippen molar-refractivity contribution in [2.75, 3.05) is 19.6 Å². The maximum Gasteiger partial charge on any atom is 0.130 e. The number of aromatic nitrogens is 2. The average Bonchev–Trinajstić information content (AvgIpc) is 2.29. The molecule has 0 spiro atoms. The Labute approximate surface area is 97.3 Å². The number of hydrogen-bond acceptors (Lipinski definition) is 4. The van der Waals surface area contributed by atoms with Crippen molar-refractivity contribution in [3.05, 3.63) is 23.3 Å². The molecule has 1 rings (SSSR count). The number of aliphatic hydroxyl groups is 1. The van der Waals surface area contributed by atoms with Crippen LogP contribution in [0, 0.1) is 6.92 Å². The van der Waals surface area contributed by atoms with Gasteiger partial charge in [0.2, 0.25) is 0 Å². The third-order valence-electron chi connectivity index (χ3n) is 2.66. The molecule has 1 aromatic heterocycles. The van der Waals surface area contributed by atoms with Gasteiger partial charge in [0.25, 0.3) is 0 Å². The molecule has 1 aromatic rings. The predicted molar refractivity (Wildman–Crippen MR) is 64.2 cm³/mol. The number of nitrogens with zero attached hydrogens (tertiary/aromatic N) is 3. The lowest BCUT2D eigenvalue weighted by Crippen LogP contribution is -2.26. The molecule has 0 fully saturated rings. The molecule has 0 bridgehead atoms. The lowest BCUT2D eigenvalue weighted by atomic mass is 10.3. The molecule has 0 atom stereocenters. The highest BCUT2D eigenvalue weighted by atomic mass is 16.3. The number of likely N-dealkylation sites (N-methyl/N-ethyl adjacent to an activating group) is 1. The number of rotatable bonds is 6. The van der Waals surface area contributed by atoms with Crippen LogP contribution in [0.1, 0.15) is 31.1 Å². The van der Waals surface area contributed by atoms with Crippen LogP contribution in [0.5, 0.6) is 0 Å². The summed E-state index contributed by atoms with van der Waals surface area (Å²) in [6.45, 7) is 9.30. The Kier molecular flexibility index (Phi) is 5.35. The summed E-state index contributed by atoms with van der Waals surface area (Å²) in [5, 5.41) is 9.06. The summed E-state index contributed by atoms with van der Waals surface area (Å²) in [5.41, 5.74) is 1.63. The van der Waals surface area contributed by atoms with Crippen LogP contribution >= 0.6 is 0 Å². The van der Waals surface area contributed by atoms with E-state index in [0.717, 1.165) is 37.6 Å². The zero-order chi connectivity index (χ0) is 12.0. The molecule has 0 radical (unpaired) electrons. The monoisotopic (exact) mass is 223 g/mol. The van der Waals surface area contributed by atoms with Crippen LogP contribution in [0.4, 0.5) is 0 Å². The molecule has 1 N–H and O–H groups in total. The van der Waals surface area contributed by atoms with Crippen molar-refractivity contribution in [1.82, 2.24) is 14.9 Å². The van der Waals surface area contributed by atoms with Crippen LogP contribution in [0.15, 0.2) is 6.07 Å². The fourth-order valence-electron chi connectivity index (χ4n) is 1.69. The van der Waals surface area contributed by atoms with E-state index in [4.69, 9.17) is 5.11 Å². The van der Waals surface area contributed by atoms with Gasteiger partial charge in [0.1, 0.15) is 5.82 Å². The van der Waals surface area contributed by atoms with Crippen LogP contribution in [0.25, 0.3) is 0 Å². The van der Waals surface area contributed by atoms with Crippen molar-refractivity contribution < 1.29 is 5.11 Å². The zero-order valence-electron chi connectivity index (χ0n) is 10.4. The van der Waals surface area contributed by atoms with E-state index >= 15 is 0 Å². The normalized spacial score (nSPS) is 11.1. The van der Waals surface area contributed by atoms with Crippen molar-refractivity contribution in [3.63, 3.8) is 0 Å². The second-order valence-electron chi connectivity index (χ2n) is 3.85. The van der Waals surface area contributed by atoms with Crippen LogP contribution in [-0.4, -0.2) is 39.6 Å². The Morgan fingerprint density at radius 1 is 1.25 bits per heavy atom. The molecule has 0 aliphatic rings. The maximum atomic E-state index is 9.06. The Bertz CT molecular complexity index is 324. The minimum absolute atomic E-state index is 0.0123. The maximum absolute atomic E-state index is 9.06. The van der Waals surface area contributed by atoms with E-state index in [1.54, 1.807) is 0 Å². The summed E-state index contributed by atoms with van der Waals surface area (Å²) in [5.74, 6) is 0.830. The van der Waals surface area contributed by atoms with Gasteiger partial charge in [-0.1, -0.05) is 13.8 Å². The molecular weight excluding hydrogens is 202 g/mol. The van der Waals surface area contributed by atoms with Gasteiger partial charge in [-0.2, -0.15) is 0 Å². The van der Waals surface area contributed by atoms with Crippen molar-refractivity contribution in [3.8, 4) is 0 Å². The van der Waals surface area contributed by atoms with Crippen LogP contribution in [-0.2, 0) is 13.0 Å². The summed E-state index contributed by atoms with van der Waals surface area (Å²) in [6.07, 6.45) is 0.844. The Morgan fingerprint density at radius 2 is 1.94 bits per heavy atom. The summed E-state index contributed by atoms with van der Waals surface area (Å²) in [7, 11) is 0. The second-order valence-corrected chi connectivity index (χ2v) is 3.85. The summed E-state index contributed by atoms with van der Waals surface area (Å²) in [6, 6.07) is 1.82. The molecule has 0 unspecified atom stereocenters. The van der Waals surface area contributed by atoms with Crippen LogP contribution in [0.3, 0.4) is 0 Å². The molecule has 90 valence electrons. The molecular formula is C12H21N3O. The van der Waals surface area contributed by atoms with Crippen molar-refractivity contribution in [2.45, 2.75) is 33.8 Å². The van der Waals surface area contributed by atoms with Gasteiger partial charge >= 0.3 is 0 Å². The van der Waals surface area contributed by atoms with Gasteiger partial charge in [-0.3, -0.25) is 0 Å². The second kappa shape index (κ2) is 6.55. The SMILES string of the molecule is CCN(CC)CCc1nc(C)cc(CO)n1. The summed E-state index contributed by atoms with van der Waals surface area (Å²) >= 11 is 0. The van der Waals surface area contributed by atoms with Crippen LogP contribution < -0.4 is 0 Å². The van der Waals surface area contributed by atoms with E-state index < -0.39 is 0 Å². The highest BCUT2D eigenvalue weighted by Crippen LogP contribution is 2.02. The van der Waals surface area contributed by atoms with Gasteiger partial charge in [0, 0.05) is 18.7 Å². The first-order chi connectivity index (χ1) is 7.69. The molecule has 0 saturated carbocycles. The van der Waals surface area contributed by atoms with E-state index in [-0.39, 0.29) is 6.61 Å². The van der Waals surface area contributed by atoms with Gasteiger partial charge in [-0.15, -0.1) is 0 Å². The minimum atomic E-state index is -0.0123. The zero-order valence-corrected chi connectivity index (χ0v) is 10.4. The lowest BCUT2D eigenvalue weighted by Gasteiger charge is -2.17. The largest absolute Gasteiger partial charge is 0.390 e. The summed E-state index contributed by atoms with van der Waals surface area (Å²) in [4.78, 5) is 11.0. The highest BCUT2D eigenvalue weighted by molar-refractivity contribution is 5.09. The quantitative estimate of drug-likeness (QED) is 0.786. The Hall–Kier alpha value is -1.00. The first-order valence-corrected chi connectivity index (χ1v) is 5.86. The molecule has 4 heteroatoms. The van der Waals surface area contributed by atoms with E-state index in [0.29, 0.717) is 5.69 Å². The van der Waals surface area contributed by atoms with Crippen LogP contribution in [0.2, 0.25) is 0 Å². The molecule has 0 aromatic carbocycles. The smallest absolute Gasteiger partial charge is 0.130 e. The number of aliphatic hydroxyl groups excluding tert-OH is 1. The van der Waals surface area contributed by atoms with Crippen molar-refractivity contribution >= 4 is 0 Å². The first kappa shape index (κ1) is 13.1. The fraction of sp³-hybridized carbons (Fsp3) is 0.667. The number of hydrogen-bond donors (Lipinski definition) is 1. The third kappa shape index (κ3) is 3.87. The topological polar surface area (TPSA) is 49.2 Å². The third-order valence-corrected chi connectivity index (χ3v) is 2.66. The Balaban J connectivity index is 2.62. The molecule has 1 heterocycles.